The molecule has 2 aliphatic rings. The van der Waals surface area contributed by atoms with E-state index in [2.05, 4.69) is 66.0 Å². The van der Waals surface area contributed by atoms with Gasteiger partial charge in [-0.3, -0.25) is 0 Å². The van der Waals surface area contributed by atoms with Crippen molar-refractivity contribution in [3.05, 3.63) is 62.1 Å². The normalized spacial score (nSPS) is 21.6. The summed E-state index contributed by atoms with van der Waals surface area (Å²) in [5.41, 5.74) is 0.219. The van der Waals surface area contributed by atoms with Crippen LogP contribution in [0.4, 0.5) is 0 Å². The van der Waals surface area contributed by atoms with Crippen molar-refractivity contribution in [2.75, 3.05) is 21.2 Å². The Hall–Kier alpha value is 0.959. The predicted molar refractivity (Wildman–Crippen MR) is 105 cm³/mol. The Bertz CT molecular complexity index is 321. The molecule has 2 saturated carbocycles. The number of hydrogen-bond acceptors (Lipinski definition) is 2. The molecule has 0 heterocycles. The molecule has 0 aliphatic heterocycles. The van der Waals surface area contributed by atoms with E-state index in [0.717, 1.165) is 5.32 Å². The second-order valence-electron chi connectivity index (χ2n) is 7.35. The molecule has 0 aromatic rings. The molecule has 0 saturated heterocycles. The third-order valence-corrected chi connectivity index (χ3v) is 6.65. The van der Waals surface area contributed by atoms with Gasteiger partial charge < -0.3 is 0 Å². The molecule has 0 N–H and O–H groups in total. The maximum absolute atomic E-state index is 5.67. The summed E-state index contributed by atoms with van der Waals surface area (Å²) < 4.78 is 5.67. The van der Waals surface area contributed by atoms with E-state index in [4.69, 9.17) is 4.74 Å². The average Bonchev–Trinajstić information content (AvgIpc) is 3.20. The van der Waals surface area contributed by atoms with Gasteiger partial charge in [0.1, 0.15) is 0 Å². The van der Waals surface area contributed by atoms with Crippen LogP contribution in [0.3, 0.4) is 0 Å². The smallest absolute Gasteiger partial charge is 0.0312 e. The van der Waals surface area contributed by atoms with Gasteiger partial charge in [0.2, 0.25) is 0 Å². The first-order chi connectivity index (χ1) is 11.3. The molecule has 2 atom stereocenters. The minimum atomic E-state index is 0. The van der Waals surface area contributed by atoms with Crippen molar-refractivity contribution in [2.45, 2.75) is 45.2 Å². The largest absolute Gasteiger partial charge is 2.00 e. The van der Waals surface area contributed by atoms with E-state index in [9.17, 15) is 0 Å². The van der Waals surface area contributed by atoms with Crippen LogP contribution in [0.15, 0.2) is 0 Å². The van der Waals surface area contributed by atoms with Crippen LogP contribution in [0.25, 0.3) is 0 Å². The summed E-state index contributed by atoms with van der Waals surface area (Å²) in [6, 6.07) is 0.488. The molecule has 140 valence electrons. The second kappa shape index (κ2) is 13.2. The van der Waals surface area contributed by atoms with Gasteiger partial charge >= 0.3 is 143 Å². The molecule has 2 fully saturated rings. The predicted octanol–water partition coefficient (Wildman–Crippen LogP) is 3.87. The maximum Gasteiger partial charge on any atom is 2.00 e. The van der Waals surface area contributed by atoms with E-state index in [0.29, 0.717) is 27.1 Å². The van der Waals surface area contributed by atoms with Gasteiger partial charge in [-0.2, -0.15) is 0 Å². The molecule has 2 aliphatic carbocycles. The van der Waals surface area contributed by atoms with E-state index in [-0.39, 0.29) is 22.5 Å². The molecule has 0 aromatic heterocycles. The quantitative estimate of drug-likeness (QED) is 0.570. The zero-order valence-corrected chi connectivity index (χ0v) is 19.4. The van der Waals surface area contributed by atoms with Crippen LogP contribution in [-0.2, 0) is 21.8 Å². The van der Waals surface area contributed by atoms with Crippen LogP contribution in [0.5, 0.6) is 0 Å². The molecule has 2 rings (SSSR count). The zero-order chi connectivity index (χ0) is 18.2. The number of rotatable bonds is 6. The topological polar surface area (TPSA) is 12.5 Å². The summed E-state index contributed by atoms with van der Waals surface area (Å²) in [6.07, 6.45) is 17.1. The van der Waals surface area contributed by atoms with Crippen molar-refractivity contribution in [2.24, 2.45) is 5.41 Å². The van der Waals surface area contributed by atoms with Gasteiger partial charge in [-0.05, 0) is 32.1 Å². The second-order valence-corrected chi connectivity index (χ2v) is 9.58. The Morgan fingerprint density at radius 3 is 1.92 bits per heavy atom. The molecule has 10 radical (unpaired) electrons. The summed E-state index contributed by atoms with van der Waals surface area (Å²) >= 11 is 0.483. The van der Waals surface area contributed by atoms with Gasteiger partial charge in [-0.25, -0.2) is 0 Å². The number of hydrogen-bond donors (Lipinski definition) is 0. The Kier molecular flexibility index (Phi) is 13.7. The van der Waals surface area contributed by atoms with E-state index in [1.807, 2.05) is 39.2 Å². The molecule has 25 heavy (non-hydrogen) atoms. The van der Waals surface area contributed by atoms with Gasteiger partial charge in [0.25, 0.3) is 0 Å². The van der Waals surface area contributed by atoms with Crippen molar-refractivity contribution in [1.29, 1.82) is 0 Å². The fraction of sp³-hybridized carbons (Fsp3) is 0.524. The zero-order valence-electron chi connectivity index (χ0n) is 16.6. The summed E-state index contributed by atoms with van der Waals surface area (Å²) in [7, 11) is 6.11. The fourth-order valence-corrected chi connectivity index (χ4v) is 5.58. The van der Waals surface area contributed by atoms with Crippen molar-refractivity contribution < 1.29 is 21.8 Å². The first-order valence-electron chi connectivity index (χ1n) is 8.51. The Labute approximate surface area is 175 Å². The van der Waals surface area contributed by atoms with Gasteiger partial charge in [-0.1, -0.05) is 0 Å². The summed E-state index contributed by atoms with van der Waals surface area (Å²) in [4.78, 5) is 3.80. The van der Waals surface area contributed by atoms with E-state index in [1.54, 1.807) is 0 Å². The van der Waals surface area contributed by atoms with Crippen LogP contribution in [0, 0.1) is 67.5 Å². The van der Waals surface area contributed by atoms with E-state index in [1.165, 1.54) is 10.7 Å². The van der Waals surface area contributed by atoms with Gasteiger partial charge in [0.05, 0.1) is 0 Å². The molecule has 0 aromatic carbocycles. The van der Waals surface area contributed by atoms with E-state index >= 15 is 0 Å². The van der Waals surface area contributed by atoms with E-state index < -0.39 is 0 Å². The minimum absolute atomic E-state index is 0. The van der Waals surface area contributed by atoms with Crippen LogP contribution >= 0.6 is 0 Å². The molecule has 0 bridgehead atoms. The fourth-order valence-electron chi connectivity index (χ4n) is 2.33. The summed E-state index contributed by atoms with van der Waals surface area (Å²) in [5.74, 6) is 1.48. The molecule has 0 amide bonds. The SMILES string of the molecule is CO[C@@H](C[Se][C]1[CH][CH][CH][C]1[C@@H](C)N(C)C)C(C)(C)C.[CH]1[CH][CH][CH][CH]1.[Fe+2]. The number of nitrogens with zero attached hydrogens (tertiary/aromatic N) is 1. The van der Waals surface area contributed by atoms with Gasteiger partial charge in [-0.15, -0.1) is 0 Å². The third-order valence-electron chi connectivity index (χ3n) is 4.23. The molecule has 4 heteroatoms. The minimum Gasteiger partial charge on any atom is -0.0312 e. The number of methoxy groups -OCH3 is 1. The molecule has 2 nitrogen and oxygen atoms in total. The Morgan fingerprint density at radius 2 is 1.52 bits per heavy atom. The summed E-state index contributed by atoms with van der Waals surface area (Å²) in [6.45, 7) is 9.04. The first-order valence-corrected chi connectivity index (χ1v) is 10.6. The number of ether oxygens (including phenoxy) is 1. The first kappa shape index (κ1) is 26.0. The summed E-state index contributed by atoms with van der Waals surface area (Å²) in [5, 5.41) is 1.14. The average molecular weight is 450 g/mol. The molecular formula is C21H33FeNOSe+2. The standard InChI is InChI=1S/C16H28NOSe.C5H5.Fe/c1-12(17(5)6)13-9-8-10-14(13)19-11-15(18-7)16(2,3)4;1-2-4-5-3-1;/h8-10,12,15H,11H2,1-7H3;1-5H;/q;;+2/t12-,15+;;/m1../s1. The molecular weight excluding hydrogens is 417 g/mol. The maximum atomic E-state index is 5.67. The van der Waals surface area contributed by atoms with Crippen molar-refractivity contribution in [1.82, 2.24) is 4.90 Å². The molecule has 0 unspecified atom stereocenters. The van der Waals surface area contributed by atoms with Gasteiger partial charge in [0, 0.05) is 0 Å². The molecule has 0 spiro atoms. The van der Waals surface area contributed by atoms with Crippen LogP contribution in [0.2, 0.25) is 5.32 Å². The van der Waals surface area contributed by atoms with Gasteiger partial charge in [0.15, 0.2) is 0 Å². The Morgan fingerprint density at radius 1 is 1.00 bits per heavy atom. The van der Waals surface area contributed by atoms with Crippen molar-refractivity contribution in [3.63, 3.8) is 0 Å². The van der Waals surface area contributed by atoms with Crippen LogP contribution in [-0.4, -0.2) is 53.2 Å². The van der Waals surface area contributed by atoms with Crippen molar-refractivity contribution in [3.8, 4) is 0 Å². The van der Waals surface area contributed by atoms with Crippen LogP contribution in [0.1, 0.15) is 27.7 Å². The Balaban J connectivity index is 0.000000820. The monoisotopic (exact) mass is 451 g/mol. The third kappa shape index (κ3) is 9.63. The van der Waals surface area contributed by atoms with Crippen LogP contribution < -0.4 is 0 Å². The van der Waals surface area contributed by atoms with Crippen molar-refractivity contribution >= 4 is 15.0 Å².